The first kappa shape index (κ1) is 20.7. The van der Waals surface area contributed by atoms with Gasteiger partial charge in [0.2, 0.25) is 0 Å². The first-order valence-electron chi connectivity index (χ1n) is 9.18. The van der Waals surface area contributed by atoms with Gasteiger partial charge in [-0.15, -0.1) is 0 Å². The van der Waals surface area contributed by atoms with E-state index >= 15 is 0 Å². The van der Waals surface area contributed by atoms with Crippen LogP contribution in [-0.4, -0.2) is 34.2 Å². The zero-order valence-electron chi connectivity index (χ0n) is 16.0. The maximum Gasteiger partial charge on any atom is 0.290 e. The molecule has 27 heavy (non-hydrogen) atoms. The molecule has 1 atom stereocenters. The lowest BCUT2D eigenvalue weighted by Crippen LogP contribution is -2.33. The summed E-state index contributed by atoms with van der Waals surface area (Å²) >= 11 is 0. The van der Waals surface area contributed by atoms with Crippen LogP contribution in [0.2, 0.25) is 0 Å². The molecule has 1 aliphatic heterocycles. The second-order valence-corrected chi connectivity index (χ2v) is 7.84. The minimum absolute atomic E-state index is 0.0205. The van der Waals surface area contributed by atoms with E-state index in [1.807, 2.05) is 30.3 Å². The minimum Gasteiger partial charge on any atom is -0.550 e. The maximum atomic E-state index is 12.9. The number of benzene rings is 1. The third-order valence-electron chi connectivity index (χ3n) is 4.62. The molecule has 0 bridgehead atoms. The van der Waals surface area contributed by atoms with Crippen LogP contribution in [0, 0.1) is 5.41 Å². The average molecular weight is 372 g/mol. The summed E-state index contributed by atoms with van der Waals surface area (Å²) in [6, 6.07) is 8.52. The molecule has 1 aromatic rings. The molecule has 0 aliphatic carbocycles. The normalized spacial score (nSPS) is 17.5. The van der Waals surface area contributed by atoms with Gasteiger partial charge in [-0.2, -0.15) is 0 Å². The third-order valence-corrected chi connectivity index (χ3v) is 4.62. The number of amides is 1. The number of nitrogens with zero attached hydrogens (tertiary/aromatic N) is 1. The van der Waals surface area contributed by atoms with E-state index in [1.165, 1.54) is 4.90 Å². The predicted octanol–water partition coefficient (Wildman–Crippen LogP) is 2.31. The maximum absolute atomic E-state index is 12.9. The van der Waals surface area contributed by atoms with Crippen LogP contribution in [0.5, 0.6) is 0 Å². The molecule has 0 aromatic heterocycles. The van der Waals surface area contributed by atoms with Crippen molar-refractivity contribution in [1.29, 1.82) is 0 Å². The van der Waals surface area contributed by atoms with Crippen LogP contribution < -0.4 is 5.11 Å². The fourth-order valence-electron chi connectivity index (χ4n) is 3.23. The van der Waals surface area contributed by atoms with E-state index in [0.717, 1.165) is 5.56 Å². The molecule has 1 aliphatic rings. The van der Waals surface area contributed by atoms with E-state index < -0.39 is 29.1 Å². The van der Waals surface area contributed by atoms with Gasteiger partial charge in [-0.05, 0) is 24.8 Å². The van der Waals surface area contributed by atoms with Crippen LogP contribution in [0.4, 0.5) is 0 Å². The Morgan fingerprint density at radius 3 is 2.30 bits per heavy atom. The third kappa shape index (κ3) is 4.76. The number of ketones is 1. The minimum atomic E-state index is -1.09. The van der Waals surface area contributed by atoms with Crippen LogP contribution in [0.1, 0.15) is 58.1 Å². The number of carboxylic acids is 1. The second-order valence-electron chi connectivity index (χ2n) is 7.84. The summed E-state index contributed by atoms with van der Waals surface area (Å²) < 4.78 is 0. The van der Waals surface area contributed by atoms with Gasteiger partial charge >= 0.3 is 0 Å². The number of aliphatic hydroxyl groups is 1. The number of rotatable bonds is 8. The van der Waals surface area contributed by atoms with Crippen molar-refractivity contribution in [3.8, 4) is 0 Å². The molecule has 6 heteroatoms. The zero-order chi connectivity index (χ0) is 20.2. The van der Waals surface area contributed by atoms with E-state index in [4.69, 9.17) is 0 Å². The van der Waals surface area contributed by atoms with Crippen molar-refractivity contribution in [3.05, 3.63) is 47.2 Å². The van der Waals surface area contributed by atoms with Crippen molar-refractivity contribution in [2.24, 2.45) is 5.41 Å². The summed E-state index contributed by atoms with van der Waals surface area (Å²) in [4.78, 5) is 37.6. The van der Waals surface area contributed by atoms with Crippen molar-refractivity contribution in [2.45, 2.75) is 52.5 Å². The fraction of sp³-hybridized carbons (Fsp3) is 0.476. The molecule has 1 N–H and O–H groups in total. The van der Waals surface area contributed by atoms with Crippen molar-refractivity contribution < 1.29 is 24.6 Å². The number of carbonyl (C=O) groups is 3. The summed E-state index contributed by atoms with van der Waals surface area (Å²) in [7, 11) is 0. The molecule has 0 saturated heterocycles. The molecule has 1 amide bonds. The van der Waals surface area contributed by atoms with Crippen LogP contribution in [0.25, 0.3) is 0 Å². The van der Waals surface area contributed by atoms with Gasteiger partial charge in [0.05, 0.1) is 11.6 Å². The number of hydrogen-bond acceptors (Lipinski definition) is 5. The Bertz CT molecular complexity index is 746. The first-order chi connectivity index (χ1) is 12.6. The van der Waals surface area contributed by atoms with Crippen LogP contribution >= 0.6 is 0 Å². The van der Waals surface area contributed by atoms with Gasteiger partial charge in [0.15, 0.2) is 11.5 Å². The molecule has 146 valence electrons. The molecule has 0 fully saturated rings. The van der Waals surface area contributed by atoms with E-state index in [2.05, 4.69) is 0 Å². The Morgan fingerprint density at radius 1 is 1.11 bits per heavy atom. The lowest BCUT2D eigenvalue weighted by atomic mass is 9.82. The van der Waals surface area contributed by atoms with E-state index in [0.29, 0.717) is 25.8 Å². The highest BCUT2D eigenvalue weighted by atomic mass is 16.4. The second kappa shape index (κ2) is 8.37. The van der Waals surface area contributed by atoms with Gasteiger partial charge < -0.3 is 19.9 Å². The lowest BCUT2D eigenvalue weighted by Gasteiger charge is -2.29. The molecular formula is C21H26NO5-. The molecular weight excluding hydrogens is 346 g/mol. The van der Waals surface area contributed by atoms with Crippen LogP contribution in [0.15, 0.2) is 41.7 Å². The van der Waals surface area contributed by atoms with Gasteiger partial charge in [0.25, 0.3) is 5.91 Å². The van der Waals surface area contributed by atoms with Gasteiger partial charge in [-0.3, -0.25) is 9.59 Å². The zero-order valence-corrected chi connectivity index (χ0v) is 16.0. The standard InChI is InChI=1S/C21H27NO5/c1-21(2,3)19(26)16-17(14-10-6-4-7-11-14)22(20(27)18(16)25)13-9-5-8-12-15(23)24/h4,6-7,10-11,17,25H,5,8-9,12-13H2,1-3H3,(H,23,24)/p-1/t17-/m0/s1. The van der Waals surface area contributed by atoms with E-state index in [9.17, 15) is 24.6 Å². The average Bonchev–Trinajstić information content (AvgIpc) is 2.85. The van der Waals surface area contributed by atoms with Gasteiger partial charge in [0, 0.05) is 17.9 Å². The van der Waals surface area contributed by atoms with E-state index in [1.54, 1.807) is 20.8 Å². The number of aliphatic hydroxyl groups excluding tert-OH is 1. The molecule has 6 nitrogen and oxygen atoms in total. The number of aliphatic carboxylic acids is 1. The largest absolute Gasteiger partial charge is 0.550 e. The molecule has 0 radical (unpaired) electrons. The smallest absolute Gasteiger partial charge is 0.290 e. The predicted molar refractivity (Wildman–Crippen MR) is 98.5 cm³/mol. The number of hydrogen-bond donors (Lipinski definition) is 1. The fourth-order valence-corrected chi connectivity index (χ4v) is 3.23. The molecule has 0 saturated carbocycles. The van der Waals surface area contributed by atoms with Crippen molar-refractivity contribution >= 4 is 17.7 Å². The highest BCUT2D eigenvalue weighted by Crippen LogP contribution is 2.40. The molecule has 0 unspecified atom stereocenters. The Balaban J connectivity index is 2.27. The topological polar surface area (TPSA) is 97.7 Å². The van der Waals surface area contributed by atoms with Crippen molar-refractivity contribution in [2.75, 3.05) is 6.54 Å². The molecule has 2 rings (SSSR count). The van der Waals surface area contributed by atoms with Gasteiger partial charge in [-0.25, -0.2) is 0 Å². The summed E-state index contributed by atoms with van der Waals surface area (Å²) in [5.74, 6) is -2.40. The van der Waals surface area contributed by atoms with Gasteiger partial charge in [-0.1, -0.05) is 57.5 Å². The van der Waals surface area contributed by atoms with Crippen LogP contribution in [0.3, 0.4) is 0 Å². The number of carbonyl (C=O) groups excluding carboxylic acids is 3. The SMILES string of the molecule is CC(C)(C)C(=O)C1=C(O)C(=O)N(CCCCCC(=O)[O-])[C@H]1c1ccccc1. The van der Waals surface area contributed by atoms with Crippen molar-refractivity contribution in [3.63, 3.8) is 0 Å². The summed E-state index contributed by atoms with van der Waals surface area (Å²) in [5.41, 5.74) is 0.159. The first-order valence-corrected chi connectivity index (χ1v) is 9.18. The summed E-state index contributed by atoms with van der Waals surface area (Å²) in [5, 5.41) is 21.0. The van der Waals surface area contributed by atoms with Crippen LogP contribution in [-0.2, 0) is 14.4 Å². The Hall–Kier alpha value is -2.63. The number of unbranched alkanes of at least 4 members (excludes halogenated alkanes) is 2. The monoisotopic (exact) mass is 372 g/mol. The summed E-state index contributed by atoms with van der Waals surface area (Å²) in [6.45, 7) is 5.59. The highest BCUT2D eigenvalue weighted by Gasteiger charge is 2.45. The Kier molecular flexibility index (Phi) is 6.41. The van der Waals surface area contributed by atoms with Gasteiger partial charge in [0.1, 0.15) is 0 Å². The molecule has 1 aromatic carbocycles. The number of carboxylic acid groups (broad SMARTS) is 1. The van der Waals surface area contributed by atoms with E-state index in [-0.39, 0.29) is 17.8 Å². The van der Waals surface area contributed by atoms with Crippen molar-refractivity contribution in [1.82, 2.24) is 4.90 Å². The molecule has 1 heterocycles. The Morgan fingerprint density at radius 2 is 1.74 bits per heavy atom. The highest BCUT2D eigenvalue weighted by molar-refractivity contribution is 6.10. The number of Topliss-reactive ketones (excluding diaryl/α,β-unsaturated/α-hetero) is 1. The quantitative estimate of drug-likeness (QED) is 0.706. The molecule has 0 spiro atoms. The Labute approximate surface area is 159 Å². The lowest BCUT2D eigenvalue weighted by molar-refractivity contribution is -0.305. The summed E-state index contributed by atoms with van der Waals surface area (Å²) in [6.07, 6.45) is 1.64.